The predicted molar refractivity (Wildman–Crippen MR) is 205 cm³/mol. The van der Waals surface area contributed by atoms with Gasteiger partial charge < -0.3 is 34.3 Å². The van der Waals surface area contributed by atoms with Gasteiger partial charge >= 0.3 is 0 Å². The van der Waals surface area contributed by atoms with Crippen molar-refractivity contribution in [2.24, 2.45) is 0 Å². The molecule has 0 spiro atoms. The van der Waals surface area contributed by atoms with E-state index in [1.165, 1.54) is 19.0 Å². The van der Waals surface area contributed by atoms with Crippen molar-refractivity contribution in [3.8, 4) is 28.8 Å². The molecule has 2 heterocycles. The van der Waals surface area contributed by atoms with E-state index in [1.54, 1.807) is 43.5 Å². The van der Waals surface area contributed by atoms with Crippen LogP contribution in [0.2, 0.25) is 0 Å². The lowest BCUT2D eigenvalue weighted by atomic mass is 9.78. The fourth-order valence-electron chi connectivity index (χ4n) is 6.56. The van der Waals surface area contributed by atoms with Crippen molar-refractivity contribution in [1.29, 1.82) is 0 Å². The molecule has 2 amide bonds. The molecule has 0 bridgehead atoms. The molecule has 1 aliphatic rings. The van der Waals surface area contributed by atoms with Gasteiger partial charge in [-0.25, -0.2) is 0 Å². The summed E-state index contributed by atoms with van der Waals surface area (Å²) in [5.41, 5.74) is 3.62. The van der Waals surface area contributed by atoms with Crippen molar-refractivity contribution in [2.45, 2.75) is 70.1 Å². The van der Waals surface area contributed by atoms with Crippen molar-refractivity contribution < 1.29 is 33.2 Å². The molecular weight excluding hydrogens is 700 g/mol. The Hall–Kier alpha value is -6.37. The van der Waals surface area contributed by atoms with Gasteiger partial charge in [-0.3, -0.25) is 19.4 Å². The van der Waals surface area contributed by atoms with Gasteiger partial charge in [0.05, 0.1) is 5.56 Å². The fraction of sp³-hybridized carbons (Fsp3) is 0.310. The van der Waals surface area contributed by atoms with Gasteiger partial charge in [-0.15, -0.1) is 0 Å². The second-order valence-electron chi connectivity index (χ2n) is 14.1. The molecule has 0 aliphatic heterocycles. The van der Waals surface area contributed by atoms with Crippen LogP contribution in [0.5, 0.6) is 17.2 Å². The number of rotatable bonds is 16. The zero-order chi connectivity index (χ0) is 39.1. The maximum Gasteiger partial charge on any atom is 0.255 e. The van der Waals surface area contributed by atoms with Crippen LogP contribution >= 0.6 is 0 Å². The minimum Gasteiger partial charge on any atom is -0.490 e. The number of aromatic nitrogens is 3. The summed E-state index contributed by atoms with van der Waals surface area (Å²) in [6.45, 7) is 6.08. The van der Waals surface area contributed by atoms with Gasteiger partial charge in [0, 0.05) is 75.3 Å². The van der Waals surface area contributed by atoms with E-state index in [9.17, 15) is 19.2 Å². The first-order valence-corrected chi connectivity index (χ1v) is 18.1. The van der Waals surface area contributed by atoms with E-state index < -0.39 is 11.9 Å². The molecule has 1 fully saturated rings. The molecule has 6 rings (SSSR count). The Morgan fingerprint density at radius 2 is 1.65 bits per heavy atom. The number of carbonyl (C=O) groups excluding carboxylic acids is 4. The lowest BCUT2D eigenvalue weighted by Gasteiger charge is -2.36. The van der Waals surface area contributed by atoms with Crippen molar-refractivity contribution >= 4 is 30.1 Å². The molecular formula is C42H44N6O7. The molecule has 0 radical (unpaired) electrons. The van der Waals surface area contributed by atoms with E-state index in [0.717, 1.165) is 29.7 Å². The van der Waals surface area contributed by atoms with E-state index >= 15 is 0 Å². The van der Waals surface area contributed by atoms with Crippen molar-refractivity contribution in [2.75, 3.05) is 19.4 Å². The molecule has 2 aromatic heterocycles. The number of nitrogens with one attached hydrogen (secondary N) is 2. The van der Waals surface area contributed by atoms with Crippen LogP contribution in [0.4, 0.5) is 5.69 Å². The molecule has 3 aromatic carbocycles. The van der Waals surface area contributed by atoms with Crippen LogP contribution in [0.15, 0.2) is 89.6 Å². The molecule has 1 atom stereocenters. The average Bonchev–Trinajstić information content (AvgIpc) is 3.63. The number of carbonyl (C=O) groups is 4. The van der Waals surface area contributed by atoms with Crippen LogP contribution in [0, 0.1) is 6.92 Å². The predicted octanol–water partition coefficient (Wildman–Crippen LogP) is 6.56. The first-order valence-electron chi connectivity index (χ1n) is 18.1. The highest BCUT2D eigenvalue weighted by molar-refractivity contribution is 6.04. The number of nitrogens with zero attached hydrogens (tertiary/aromatic N) is 4. The summed E-state index contributed by atoms with van der Waals surface area (Å²) in [7, 11) is 2.97. The van der Waals surface area contributed by atoms with Gasteiger partial charge in [-0.2, -0.15) is 4.98 Å². The summed E-state index contributed by atoms with van der Waals surface area (Å²) in [6.07, 6.45) is 4.80. The summed E-state index contributed by atoms with van der Waals surface area (Å²) in [5, 5.41) is 9.91. The zero-order valence-electron chi connectivity index (χ0n) is 31.4. The average molecular weight is 745 g/mol. The van der Waals surface area contributed by atoms with Gasteiger partial charge in [0.25, 0.3) is 5.91 Å². The summed E-state index contributed by atoms with van der Waals surface area (Å²) < 4.78 is 17.4. The highest BCUT2D eigenvalue weighted by atomic mass is 16.5. The maximum atomic E-state index is 13.5. The van der Waals surface area contributed by atoms with Crippen molar-refractivity contribution in [3.05, 3.63) is 113 Å². The molecule has 1 aliphatic carbocycles. The van der Waals surface area contributed by atoms with Crippen LogP contribution in [-0.4, -0.2) is 76.7 Å². The molecule has 2 N–H and O–H groups in total. The van der Waals surface area contributed by atoms with Gasteiger partial charge in [-0.1, -0.05) is 43.3 Å². The third kappa shape index (κ3) is 8.89. The van der Waals surface area contributed by atoms with Gasteiger partial charge in [0.15, 0.2) is 6.29 Å². The number of hydrogen-bond acceptors (Lipinski definition) is 11. The first-order chi connectivity index (χ1) is 26.5. The number of pyridine rings is 1. The largest absolute Gasteiger partial charge is 0.490 e. The third-order valence-electron chi connectivity index (χ3n) is 9.95. The van der Waals surface area contributed by atoms with Crippen molar-refractivity contribution in [1.82, 2.24) is 25.3 Å². The number of likely N-dealkylation sites (N-methyl/N-ethyl adjacent to an activating group) is 2. The summed E-state index contributed by atoms with van der Waals surface area (Å²) in [4.78, 5) is 58.5. The van der Waals surface area contributed by atoms with Crippen LogP contribution in [0.1, 0.15) is 77.3 Å². The quantitative estimate of drug-likeness (QED) is 0.105. The molecule has 284 valence electrons. The summed E-state index contributed by atoms with van der Waals surface area (Å²) in [6, 6.07) is 24.0. The lowest BCUT2D eigenvalue weighted by molar-refractivity contribution is -0.125. The van der Waals surface area contributed by atoms with Crippen LogP contribution in [0.3, 0.4) is 0 Å². The second-order valence-corrected chi connectivity index (χ2v) is 14.1. The molecule has 13 heteroatoms. The van der Waals surface area contributed by atoms with E-state index in [4.69, 9.17) is 14.0 Å². The smallest absolute Gasteiger partial charge is 0.255 e. The van der Waals surface area contributed by atoms with Gasteiger partial charge in [0.2, 0.25) is 17.6 Å². The first kappa shape index (κ1) is 38.4. The van der Waals surface area contributed by atoms with Crippen LogP contribution in [-0.2, 0) is 15.0 Å². The Morgan fingerprint density at radius 3 is 2.27 bits per heavy atom. The van der Waals surface area contributed by atoms with E-state index in [-0.39, 0.29) is 47.4 Å². The monoisotopic (exact) mass is 744 g/mol. The summed E-state index contributed by atoms with van der Waals surface area (Å²) >= 11 is 0. The minimum atomic E-state index is -0.848. The number of anilines is 1. The molecule has 1 unspecified atom stereocenters. The Balaban J connectivity index is 1.02. The molecule has 5 aromatic rings. The zero-order valence-corrected chi connectivity index (χ0v) is 31.4. The number of ether oxygens (including phenoxy) is 2. The standard InChI is InChI=1S/C42H44N6O7/c1-26-45-39(47-55-26)37-24-34(18-19-44-37)53-32-14-9-28(10-15-32)42(2,3)29-11-16-33(17-12-29)54-35-21-31(22-35)46-30-13-8-27(25-50)36(23-30)41(52)48(5)38(7-6-20-49)40(51)43-4/h8-20,23-25,31,35,38,46H,6-7,21-22H2,1-5H3,(H,43,51). The van der Waals surface area contributed by atoms with Gasteiger partial charge in [-0.05, 0) is 66.1 Å². The van der Waals surface area contributed by atoms with Crippen molar-refractivity contribution in [3.63, 3.8) is 0 Å². The van der Waals surface area contributed by atoms with E-state index in [0.29, 0.717) is 47.2 Å². The lowest BCUT2D eigenvalue weighted by Crippen LogP contribution is -2.47. The Bertz CT molecular complexity index is 2140. The highest BCUT2D eigenvalue weighted by Crippen LogP contribution is 2.36. The number of aldehydes is 2. The Morgan fingerprint density at radius 1 is 0.964 bits per heavy atom. The number of amides is 2. The molecule has 1 saturated carbocycles. The van der Waals surface area contributed by atoms with E-state index in [1.807, 2.05) is 24.3 Å². The Labute approximate surface area is 319 Å². The molecule has 0 saturated heterocycles. The number of hydrogen-bond donors (Lipinski definition) is 2. The van der Waals surface area contributed by atoms with Gasteiger partial charge in [0.1, 0.15) is 41.4 Å². The third-order valence-corrected chi connectivity index (χ3v) is 9.95. The summed E-state index contributed by atoms with van der Waals surface area (Å²) in [5.74, 6) is 2.09. The molecule has 13 nitrogen and oxygen atoms in total. The minimum absolute atomic E-state index is 0.0179. The topological polar surface area (TPSA) is 166 Å². The fourth-order valence-corrected chi connectivity index (χ4v) is 6.56. The van der Waals surface area contributed by atoms with Crippen LogP contribution < -0.4 is 20.1 Å². The maximum absolute atomic E-state index is 13.5. The molecule has 55 heavy (non-hydrogen) atoms. The number of aryl methyl sites for hydroxylation is 1. The van der Waals surface area contributed by atoms with Crippen LogP contribution in [0.25, 0.3) is 11.5 Å². The number of benzene rings is 3. The normalized spacial score (nSPS) is 15.6. The Kier molecular flexibility index (Phi) is 11.7. The van der Waals surface area contributed by atoms with E-state index in [2.05, 4.69) is 63.9 Å². The highest BCUT2D eigenvalue weighted by Gasteiger charge is 2.32. The second kappa shape index (κ2) is 16.8. The SMILES string of the molecule is CNC(=O)C(CCC=O)N(C)C(=O)c1cc(NC2CC(Oc3ccc(C(C)(C)c4ccc(Oc5ccnc(-c6noc(C)n6)c5)cc4)cc3)C2)ccc1C=O.